The normalized spacial score (nSPS) is 11.6. The van der Waals surface area contributed by atoms with Crippen molar-refractivity contribution >= 4 is 39.6 Å². The Kier molecular flexibility index (Phi) is 6.99. The SMILES string of the molecule is CCc1c(C)sc(NC(=S)NC(C)c2cccc(OC)c2)c1C(=O)OC. The Morgan fingerprint density at radius 3 is 2.69 bits per heavy atom. The topological polar surface area (TPSA) is 59.6 Å². The Hall–Kier alpha value is -2.12. The predicted molar refractivity (Wildman–Crippen MR) is 111 cm³/mol. The number of rotatable bonds is 6. The highest BCUT2D eigenvalue weighted by Crippen LogP contribution is 2.34. The highest BCUT2D eigenvalue weighted by Gasteiger charge is 2.22. The lowest BCUT2D eigenvalue weighted by molar-refractivity contribution is 0.0601. The van der Waals surface area contributed by atoms with Crippen LogP contribution in [0.3, 0.4) is 0 Å². The number of hydrogen-bond acceptors (Lipinski definition) is 5. The number of hydrogen-bond donors (Lipinski definition) is 2. The van der Waals surface area contributed by atoms with Gasteiger partial charge in [-0.05, 0) is 55.7 Å². The molecule has 0 fully saturated rings. The minimum Gasteiger partial charge on any atom is -0.497 e. The summed E-state index contributed by atoms with van der Waals surface area (Å²) in [6, 6.07) is 7.79. The summed E-state index contributed by atoms with van der Waals surface area (Å²) in [6.45, 7) is 6.03. The average Bonchev–Trinajstić information content (AvgIpc) is 2.95. The molecule has 2 N–H and O–H groups in total. The first-order chi connectivity index (χ1) is 12.4. The van der Waals surface area contributed by atoms with E-state index in [9.17, 15) is 4.79 Å². The second-order valence-corrected chi connectivity index (χ2v) is 7.42. The third-order valence-electron chi connectivity index (χ3n) is 4.12. The molecule has 1 aromatic heterocycles. The maximum atomic E-state index is 12.2. The van der Waals surface area contributed by atoms with Crippen molar-refractivity contribution in [1.82, 2.24) is 5.32 Å². The van der Waals surface area contributed by atoms with Crippen LogP contribution in [0.2, 0.25) is 0 Å². The van der Waals surface area contributed by atoms with E-state index in [-0.39, 0.29) is 12.0 Å². The van der Waals surface area contributed by atoms with Crippen LogP contribution in [0.4, 0.5) is 5.00 Å². The van der Waals surface area contributed by atoms with E-state index in [1.165, 1.54) is 18.4 Å². The number of methoxy groups -OCH3 is 2. The quantitative estimate of drug-likeness (QED) is 0.559. The third kappa shape index (κ3) is 4.53. The molecule has 7 heteroatoms. The van der Waals surface area contributed by atoms with Crippen LogP contribution < -0.4 is 15.4 Å². The summed E-state index contributed by atoms with van der Waals surface area (Å²) in [4.78, 5) is 13.3. The van der Waals surface area contributed by atoms with Gasteiger partial charge in [0, 0.05) is 4.88 Å². The molecule has 0 bridgehead atoms. The molecule has 0 spiro atoms. The Labute approximate surface area is 163 Å². The largest absolute Gasteiger partial charge is 0.497 e. The molecule has 140 valence electrons. The van der Waals surface area contributed by atoms with Crippen LogP contribution in [-0.4, -0.2) is 25.3 Å². The summed E-state index contributed by atoms with van der Waals surface area (Å²) in [5.41, 5.74) is 2.61. The molecule has 0 saturated carbocycles. The molecule has 0 aliphatic rings. The van der Waals surface area contributed by atoms with Gasteiger partial charge in [0.05, 0.1) is 25.8 Å². The Morgan fingerprint density at radius 1 is 1.35 bits per heavy atom. The van der Waals surface area contributed by atoms with Gasteiger partial charge in [0.1, 0.15) is 10.8 Å². The molecule has 1 aromatic carbocycles. The summed E-state index contributed by atoms with van der Waals surface area (Å²) < 4.78 is 10.2. The molecular weight excluding hydrogens is 368 g/mol. The first-order valence-electron chi connectivity index (χ1n) is 8.33. The number of carbonyl (C=O) groups excluding carboxylic acids is 1. The molecule has 1 atom stereocenters. The van der Waals surface area contributed by atoms with Gasteiger partial charge in [0.25, 0.3) is 0 Å². The van der Waals surface area contributed by atoms with Crippen LogP contribution >= 0.6 is 23.6 Å². The van der Waals surface area contributed by atoms with Gasteiger partial charge < -0.3 is 20.1 Å². The third-order valence-corrected chi connectivity index (χ3v) is 5.40. The number of thiocarbonyl (C=S) groups is 1. The summed E-state index contributed by atoms with van der Waals surface area (Å²) in [5.74, 6) is 0.446. The first-order valence-corrected chi connectivity index (χ1v) is 9.55. The fourth-order valence-corrected chi connectivity index (χ4v) is 4.22. The molecule has 0 saturated heterocycles. The molecule has 1 heterocycles. The van der Waals surface area contributed by atoms with Gasteiger partial charge in [0.15, 0.2) is 5.11 Å². The summed E-state index contributed by atoms with van der Waals surface area (Å²) in [5, 5.41) is 7.57. The van der Waals surface area contributed by atoms with E-state index in [2.05, 4.69) is 10.6 Å². The van der Waals surface area contributed by atoms with Crippen LogP contribution in [0.15, 0.2) is 24.3 Å². The molecular formula is C19H24N2O3S2. The molecule has 0 aliphatic carbocycles. The lowest BCUT2D eigenvalue weighted by Gasteiger charge is -2.18. The van der Waals surface area contributed by atoms with Crippen molar-refractivity contribution in [2.75, 3.05) is 19.5 Å². The van der Waals surface area contributed by atoms with Crippen molar-refractivity contribution < 1.29 is 14.3 Å². The highest BCUT2D eigenvalue weighted by molar-refractivity contribution is 7.80. The lowest BCUT2D eigenvalue weighted by Crippen LogP contribution is -2.31. The van der Waals surface area contributed by atoms with Crippen molar-refractivity contribution in [3.05, 3.63) is 45.8 Å². The maximum Gasteiger partial charge on any atom is 0.341 e. The predicted octanol–water partition coefficient (Wildman–Crippen LogP) is 4.46. The number of benzene rings is 1. The van der Waals surface area contributed by atoms with Gasteiger partial charge in [-0.2, -0.15) is 0 Å². The molecule has 26 heavy (non-hydrogen) atoms. The van der Waals surface area contributed by atoms with E-state index in [1.807, 2.05) is 45.0 Å². The first kappa shape index (κ1) is 20.2. The van der Waals surface area contributed by atoms with Gasteiger partial charge in [-0.25, -0.2) is 4.79 Å². The van der Waals surface area contributed by atoms with Crippen LogP contribution in [0, 0.1) is 6.92 Å². The van der Waals surface area contributed by atoms with E-state index in [1.54, 1.807) is 7.11 Å². The number of nitrogens with one attached hydrogen (secondary N) is 2. The molecule has 0 amide bonds. The minimum absolute atomic E-state index is 0.0154. The summed E-state index contributed by atoms with van der Waals surface area (Å²) in [7, 11) is 3.03. The number of thiophene rings is 1. The van der Waals surface area contributed by atoms with Gasteiger partial charge in [-0.15, -0.1) is 11.3 Å². The molecule has 0 aliphatic heterocycles. The lowest BCUT2D eigenvalue weighted by atomic mass is 10.1. The molecule has 5 nitrogen and oxygen atoms in total. The highest BCUT2D eigenvalue weighted by atomic mass is 32.1. The van der Waals surface area contributed by atoms with E-state index >= 15 is 0 Å². The summed E-state index contributed by atoms with van der Waals surface area (Å²) >= 11 is 6.95. The van der Waals surface area contributed by atoms with Gasteiger partial charge in [-0.3, -0.25) is 0 Å². The second kappa shape index (κ2) is 9.00. The number of carbonyl (C=O) groups is 1. The monoisotopic (exact) mass is 392 g/mol. The zero-order valence-corrected chi connectivity index (χ0v) is 17.3. The molecule has 2 aromatic rings. The maximum absolute atomic E-state index is 12.2. The number of esters is 1. The van der Waals surface area contributed by atoms with Crippen molar-refractivity contribution in [1.29, 1.82) is 0 Å². The van der Waals surface area contributed by atoms with Crippen molar-refractivity contribution in [2.45, 2.75) is 33.2 Å². The number of aryl methyl sites for hydroxylation is 1. The zero-order chi connectivity index (χ0) is 19.3. The van der Waals surface area contributed by atoms with Gasteiger partial charge >= 0.3 is 5.97 Å². The van der Waals surface area contributed by atoms with Crippen molar-refractivity contribution in [3.63, 3.8) is 0 Å². The molecule has 1 unspecified atom stereocenters. The van der Waals surface area contributed by atoms with Crippen LogP contribution in [-0.2, 0) is 11.2 Å². The van der Waals surface area contributed by atoms with Crippen LogP contribution in [0.1, 0.15) is 46.3 Å². The Bertz CT molecular complexity index is 802. The summed E-state index contributed by atoms with van der Waals surface area (Å²) in [6.07, 6.45) is 0.759. The second-order valence-electron chi connectivity index (χ2n) is 5.78. The van der Waals surface area contributed by atoms with Crippen molar-refractivity contribution in [3.8, 4) is 5.75 Å². The van der Waals surface area contributed by atoms with Crippen LogP contribution in [0.5, 0.6) is 5.75 Å². The average molecular weight is 393 g/mol. The van der Waals surface area contributed by atoms with Gasteiger partial charge in [-0.1, -0.05) is 19.1 Å². The van der Waals surface area contributed by atoms with Crippen molar-refractivity contribution in [2.24, 2.45) is 0 Å². The van der Waals surface area contributed by atoms with Crippen LogP contribution in [0.25, 0.3) is 0 Å². The minimum atomic E-state index is -0.350. The standard InChI is InChI=1S/C19H24N2O3S2/c1-6-15-12(3)26-17(16(15)18(22)24-5)21-19(25)20-11(2)13-8-7-9-14(10-13)23-4/h7-11H,6H2,1-5H3,(H2,20,21,25). The smallest absolute Gasteiger partial charge is 0.341 e. The van der Waals surface area contributed by atoms with E-state index in [4.69, 9.17) is 21.7 Å². The van der Waals surface area contributed by atoms with E-state index in [0.29, 0.717) is 15.7 Å². The fraction of sp³-hybridized carbons (Fsp3) is 0.368. The number of ether oxygens (including phenoxy) is 2. The molecule has 0 radical (unpaired) electrons. The zero-order valence-electron chi connectivity index (χ0n) is 15.6. The fourth-order valence-electron chi connectivity index (χ4n) is 2.74. The Balaban J connectivity index is 2.16. The van der Waals surface area contributed by atoms with Gasteiger partial charge in [0.2, 0.25) is 0 Å². The number of anilines is 1. The molecule has 2 rings (SSSR count). The Morgan fingerprint density at radius 2 is 2.08 bits per heavy atom. The van der Waals surface area contributed by atoms with E-state index in [0.717, 1.165) is 28.2 Å². The van der Waals surface area contributed by atoms with E-state index < -0.39 is 0 Å².